The van der Waals surface area contributed by atoms with Gasteiger partial charge in [-0.3, -0.25) is 9.59 Å². The molecule has 7 heteroatoms. The predicted octanol–water partition coefficient (Wildman–Crippen LogP) is 1.08. The van der Waals surface area contributed by atoms with Crippen molar-refractivity contribution in [2.45, 2.75) is 25.9 Å². The van der Waals surface area contributed by atoms with Crippen molar-refractivity contribution in [3.63, 3.8) is 0 Å². The van der Waals surface area contributed by atoms with E-state index in [0.29, 0.717) is 6.61 Å². The Kier molecular flexibility index (Phi) is 5.20. The minimum absolute atomic E-state index is 0.0745. The van der Waals surface area contributed by atoms with Crippen LogP contribution in [0, 0.1) is 11.3 Å². The Morgan fingerprint density at radius 2 is 2.04 bits per heavy atom. The van der Waals surface area contributed by atoms with Crippen LogP contribution in [0.25, 0.3) is 0 Å². The van der Waals surface area contributed by atoms with Crippen molar-refractivity contribution in [2.24, 2.45) is 11.3 Å². The normalized spacial score (nSPS) is 28.7. The quantitative estimate of drug-likeness (QED) is 0.323. The van der Waals surface area contributed by atoms with Gasteiger partial charge in [-0.2, -0.15) is 0 Å². The Bertz CT molecular complexity index is 547. The summed E-state index contributed by atoms with van der Waals surface area (Å²) in [5.41, 5.74) is -1.25. The highest BCUT2D eigenvalue weighted by Crippen LogP contribution is 2.40. The molecule has 0 saturated carbocycles. The summed E-state index contributed by atoms with van der Waals surface area (Å²) in [6.07, 6.45) is 3.60. The summed E-state index contributed by atoms with van der Waals surface area (Å²) in [5.74, 6) is -3.49. The molecule has 1 N–H and O–H groups in total. The maximum atomic E-state index is 12.6. The van der Waals surface area contributed by atoms with Crippen LogP contribution in [0.2, 0.25) is 0 Å². The Morgan fingerprint density at radius 1 is 1.35 bits per heavy atom. The van der Waals surface area contributed by atoms with Crippen LogP contribution in [0.5, 0.6) is 0 Å². The van der Waals surface area contributed by atoms with Crippen LogP contribution in [0.3, 0.4) is 0 Å². The number of aliphatic carboxylic acids is 1. The third-order valence-corrected chi connectivity index (χ3v) is 4.00. The Hall–Kier alpha value is -2.15. The molecule has 1 aliphatic carbocycles. The molecule has 7 nitrogen and oxygen atoms in total. The first kappa shape index (κ1) is 17.2. The number of carbonyl (C=O) groups excluding carboxylic acids is 2. The van der Waals surface area contributed by atoms with Crippen LogP contribution in [0.4, 0.5) is 0 Å². The number of ether oxygens (including phenoxy) is 3. The lowest BCUT2D eigenvalue weighted by molar-refractivity contribution is -0.175. The maximum absolute atomic E-state index is 12.6. The van der Waals surface area contributed by atoms with Crippen LogP contribution >= 0.6 is 0 Å². The first-order chi connectivity index (χ1) is 10.9. The zero-order valence-corrected chi connectivity index (χ0v) is 12.9. The number of allylic oxidation sites excluding steroid dienone is 2. The largest absolute Gasteiger partial charge is 0.481 e. The molecular weight excluding hydrogens is 304 g/mol. The van der Waals surface area contributed by atoms with Gasteiger partial charge in [0.15, 0.2) is 0 Å². The van der Waals surface area contributed by atoms with Crippen molar-refractivity contribution < 1.29 is 33.7 Å². The van der Waals surface area contributed by atoms with E-state index in [1.807, 2.05) is 0 Å². The lowest BCUT2D eigenvalue weighted by atomic mass is 9.69. The van der Waals surface area contributed by atoms with E-state index in [0.717, 1.165) is 0 Å². The second-order valence-electron chi connectivity index (χ2n) is 5.87. The smallest absolute Gasteiger partial charge is 0.333 e. The lowest BCUT2D eigenvalue weighted by Crippen LogP contribution is -2.48. The zero-order valence-electron chi connectivity index (χ0n) is 12.9. The first-order valence-corrected chi connectivity index (χ1v) is 7.36. The van der Waals surface area contributed by atoms with Crippen LogP contribution < -0.4 is 0 Å². The lowest BCUT2D eigenvalue weighted by Gasteiger charge is -2.36. The second kappa shape index (κ2) is 6.95. The van der Waals surface area contributed by atoms with E-state index in [4.69, 9.17) is 14.2 Å². The Balaban J connectivity index is 2.18. The molecule has 0 aromatic carbocycles. The summed E-state index contributed by atoms with van der Waals surface area (Å²) in [6, 6.07) is 0. The number of carboxylic acid groups (broad SMARTS) is 1. The number of carboxylic acids is 1. The summed E-state index contributed by atoms with van der Waals surface area (Å²) in [5, 5.41) is 9.46. The molecule has 0 amide bonds. The molecule has 1 fully saturated rings. The summed E-state index contributed by atoms with van der Waals surface area (Å²) in [6.45, 7) is 5.19. The number of carbonyl (C=O) groups is 3. The van der Waals surface area contributed by atoms with E-state index in [9.17, 15) is 19.5 Å². The highest BCUT2D eigenvalue weighted by Gasteiger charge is 2.52. The molecule has 2 aliphatic rings. The number of hydrogen-bond donors (Lipinski definition) is 1. The van der Waals surface area contributed by atoms with Crippen molar-refractivity contribution >= 4 is 17.9 Å². The van der Waals surface area contributed by atoms with Crippen LogP contribution in [-0.4, -0.2) is 48.9 Å². The predicted molar refractivity (Wildman–Crippen MR) is 78.4 cm³/mol. The van der Waals surface area contributed by atoms with Gasteiger partial charge in [-0.15, -0.1) is 0 Å². The van der Waals surface area contributed by atoms with Gasteiger partial charge in [0.1, 0.15) is 24.7 Å². The second-order valence-corrected chi connectivity index (χ2v) is 5.87. The van der Waals surface area contributed by atoms with E-state index in [2.05, 4.69) is 6.58 Å². The fourth-order valence-electron chi connectivity index (χ4n) is 2.47. The van der Waals surface area contributed by atoms with Gasteiger partial charge in [0.2, 0.25) is 0 Å². The van der Waals surface area contributed by atoms with E-state index in [1.165, 1.54) is 6.92 Å². The molecular formula is C16H20O7. The third kappa shape index (κ3) is 3.98. The Morgan fingerprint density at radius 3 is 2.61 bits per heavy atom. The van der Waals surface area contributed by atoms with E-state index < -0.39 is 29.2 Å². The van der Waals surface area contributed by atoms with Crippen LogP contribution in [0.1, 0.15) is 19.8 Å². The average Bonchev–Trinajstić information content (AvgIpc) is 3.34. The standard InChI is InChI=1S/C16H20O7/c1-10(2)14(19)23-9-16(15(20)22-8-11-7-21-11)6-4-3-5-12(16)13(17)18/h3-4,11-12H,1,5-9H2,2H3,(H,17,18). The number of rotatable bonds is 7. The average molecular weight is 324 g/mol. The van der Waals surface area contributed by atoms with Gasteiger partial charge in [0, 0.05) is 5.57 Å². The van der Waals surface area contributed by atoms with Crippen molar-refractivity contribution in [3.8, 4) is 0 Å². The van der Waals surface area contributed by atoms with Crippen LogP contribution in [0.15, 0.2) is 24.3 Å². The first-order valence-electron chi connectivity index (χ1n) is 7.36. The van der Waals surface area contributed by atoms with E-state index >= 15 is 0 Å². The monoisotopic (exact) mass is 324 g/mol. The summed E-state index contributed by atoms with van der Waals surface area (Å²) < 4.78 is 15.3. The molecule has 23 heavy (non-hydrogen) atoms. The summed E-state index contributed by atoms with van der Waals surface area (Å²) >= 11 is 0. The number of hydrogen-bond acceptors (Lipinski definition) is 6. The molecule has 0 aromatic rings. The van der Waals surface area contributed by atoms with E-state index in [1.54, 1.807) is 12.2 Å². The fraction of sp³-hybridized carbons (Fsp3) is 0.562. The van der Waals surface area contributed by atoms with Crippen LogP contribution in [-0.2, 0) is 28.6 Å². The molecule has 2 rings (SSSR count). The van der Waals surface area contributed by atoms with Crippen molar-refractivity contribution in [3.05, 3.63) is 24.3 Å². The molecule has 1 saturated heterocycles. The molecule has 0 spiro atoms. The van der Waals surface area contributed by atoms with Gasteiger partial charge in [0.05, 0.1) is 12.5 Å². The van der Waals surface area contributed by atoms with Gasteiger partial charge < -0.3 is 19.3 Å². The van der Waals surface area contributed by atoms with E-state index in [-0.39, 0.29) is 37.7 Å². The maximum Gasteiger partial charge on any atom is 0.333 e. The molecule has 3 atom stereocenters. The Labute approximate surface area is 133 Å². The SMILES string of the molecule is C=C(C)C(=O)OCC1(C(=O)OCC2CO2)CC=CCC1C(=O)O. The van der Waals surface area contributed by atoms with Crippen molar-refractivity contribution in [2.75, 3.05) is 19.8 Å². The highest BCUT2D eigenvalue weighted by molar-refractivity contribution is 5.88. The van der Waals surface area contributed by atoms with Gasteiger partial charge in [-0.25, -0.2) is 4.79 Å². The summed E-state index contributed by atoms with van der Waals surface area (Å²) in [7, 11) is 0. The third-order valence-electron chi connectivity index (χ3n) is 4.00. The topological polar surface area (TPSA) is 102 Å². The van der Waals surface area contributed by atoms with Crippen molar-refractivity contribution in [1.82, 2.24) is 0 Å². The molecule has 0 aromatic heterocycles. The molecule has 126 valence electrons. The fourth-order valence-corrected chi connectivity index (χ4v) is 2.47. The molecule has 1 heterocycles. The zero-order chi connectivity index (χ0) is 17.0. The van der Waals surface area contributed by atoms with Gasteiger partial charge in [-0.05, 0) is 19.8 Å². The molecule has 3 unspecified atom stereocenters. The molecule has 0 bridgehead atoms. The van der Waals surface area contributed by atoms with Crippen molar-refractivity contribution in [1.29, 1.82) is 0 Å². The number of esters is 2. The molecule has 1 aliphatic heterocycles. The van der Waals surface area contributed by atoms with Gasteiger partial charge >= 0.3 is 17.9 Å². The summed E-state index contributed by atoms with van der Waals surface area (Å²) in [4.78, 5) is 35.8. The van der Waals surface area contributed by atoms with Gasteiger partial charge in [0.25, 0.3) is 0 Å². The minimum Gasteiger partial charge on any atom is -0.481 e. The molecule has 0 radical (unpaired) electrons. The number of epoxide rings is 1. The van der Waals surface area contributed by atoms with Gasteiger partial charge in [-0.1, -0.05) is 18.7 Å². The minimum atomic E-state index is -1.43. The highest BCUT2D eigenvalue weighted by atomic mass is 16.6.